The summed E-state index contributed by atoms with van der Waals surface area (Å²) < 4.78 is 0. The summed E-state index contributed by atoms with van der Waals surface area (Å²) in [5.41, 5.74) is 0. The number of hydrogen-bond donors (Lipinski definition) is 1. The van der Waals surface area contributed by atoms with Crippen LogP contribution in [0, 0.1) is 0 Å². The molecule has 0 saturated heterocycles. The van der Waals surface area contributed by atoms with Crippen molar-refractivity contribution in [3.05, 3.63) is 0 Å². The zero-order valence-corrected chi connectivity index (χ0v) is 10.7. The van der Waals surface area contributed by atoms with Crippen LogP contribution in [0.4, 0.5) is 0 Å². The number of carbonyl (C=O) groups is 2. The summed E-state index contributed by atoms with van der Waals surface area (Å²) in [5.74, 6) is 0.449. The maximum atomic E-state index is 11.3. The van der Waals surface area contributed by atoms with Gasteiger partial charge >= 0.3 is 0 Å². The molecular formula is C13H25NO2. The van der Waals surface area contributed by atoms with Crippen LogP contribution in [0.25, 0.3) is 0 Å². The molecule has 0 aliphatic heterocycles. The Morgan fingerprint density at radius 1 is 0.875 bits per heavy atom. The summed E-state index contributed by atoms with van der Waals surface area (Å²) in [5, 5.41) is 2.87. The summed E-state index contributed by atoms with van der Waals surface area (Å²) in [6, 6.07) is 0. The molecular weight excluding hydrogens is 202 g/mol. The molecule has 0 atom stereocenters. The Morgan fingerprint density at radius 2 is 1.56 bits per heavy atom. The zero-order valence-electron chi connectivity index (χ0n) is 10.7. The minimum absolute atomic E-state index is 0.122. The highest BCUT2D eigenvalue weighted by atomic mass is 16.1. The molecule has 0 aromatic carbocycles. The van der Waals surface area contributed by atoms with Crippen LogP contribution in [0.2, 0.25) is 0 Å². The average Bonchev–Trinajstić information content (AvgIpc) is 2.25. The number of unbranched alkanes of at least 4 members (excludes halogenated alkanes) is 2. The van der Waals surface area contributed by atoms with Gasteiger partial charge in [-0.1, -0.05) is 20.3 Å². The molecule has 3 nitrogen and oxygen atoms in total. The molecule has 0 bridgehead atoms. The number of rotatable bonds is 10. The van der Waals surface area contributed by atoms with E-state index in [0.29, 0.717) is 25.0 Å². The zero-order chi connectivity index (χ0) is 12.2. The number of ketones is 1. The first-order valence-corrected chi connectivity index (χ1v) is 6.49. The van der Waals surface area contributed by atoms with Crippen molar-refractivity contribution in [2.75, 3.05) is 6.54 Å². The molecule has 1 N–H and O–H groups in total. The molecule has 1 amide bonds. The molecule has 0 saturated carbocycles. The second-order valence-corrected chi connectivity index (χ2v) is 4.20. The molecule has 0 radical (unpaired) electrons. The van der Waals surface area contributed by atoms with Crippen molar-refractivity contribution in [1.82, 2.24) is 5.32 Å². The van der Waals surface area contributed by atoms with E-state index in [1.165, 1.54) is 0 Å². The fourth-order valence-electron chi connectivity index (χ4n) is 1.50. The highest BCUT2D eigenvalue weighted by Gasteiger charge is 2.02. The van der Waals surface area contributed by atoms with Crippen LogP contribution in [0.1, 0.15) is 65.2 Å². The van der Waals surface area contributed by atoms with Gasteiger partial charge in [-0.2, -0.15) is 0 Å². The van der Waals surface area contributed by atoms with Crippen molar-refractivity contribution in [3.8, 4) is 0 Å². The van der Waals surface area contributed by atoms with E-state index in [-0.39, 0.29) is 5.91 Å². The van der Waals surface area contributed by atoms with E-state index in [0.717, 1.165) is 38.6 Å². The number of hydrogen-bond acceptors (Lipinski definition) is 2. The Morgan fingerprint density at radius 3 is 2.19 bits per heavy atom. The van der Waals surface area contributed by atoms with Crippen LogP contribution in [0.5, 0.6) is 0 Å². The van der Waals surface area contributed by atoms with Gasteiger partial charge in [0.05, 0.1) is 0 Å². The minimum Gasteiger partial charge on any atom is -0.356 e. The van der Waals surface area contributed by atoms with Crippen molar-refractivity contribution in [3.63, 3.8) is 0 Å². The van der Waals surface area contributed by atoms with Crippen molar-refractivity contribution in [1.29, 1.82) is 0 Å². The van der Waals surface area contributed by atoms with E-state index in [1.54, 1.807) is 0 Å². The van der Waals surface area contributed by atoms with E-state index in [9.17, 15) is 9.59 Å². The Kier molecular flexibility index (Phi) is 10.1. The summed E-state index contributed by atoms with van der Waals surface area (Å²) >= 11 is 0. The number of Topliss-reactive ketones (excluding diaryl/α,β-unsaturated/α-hetero) is 1. The van der Waals surface area contributed by atoms with Crippen LogP contribution in [-0.4, -0.2) is 18.2 Å². The lowest BCUT2D eigenvalue weighted by molar-refractivity contribution is -0.122. The third-order valence-corrected chi connectivity index (χ3v) is 2.49. The van der Waals surface area contributed by atoms with E-state index in [1.807, 2.05) is 6.92 Å². The number of carbonyl (C=O) groups excluding carboxylic acids is 2. The molecule has 0 aromatic rings. The van der Waals surface area contributed by atoms with Gasteiger partial charge < -0.3 is 5.32 Å². The van der Waals surface area contributed by atoms with E-state index in [2.05, 4.69) is 12.2 Å². The van der Waals surface area contributed by atoms with E-state index >= 15 is 0 Å². The van der Waals surface area contributed by atoms with Gasteiger partial charge in [0, 0.05) is 25.8 Å². The van der Waals surface area contributed by atoms with Crippen molar-refractivity contribution in [2.45, 2.75) is 65.2 Å². The third kappa shape index (κ3) is 9.69. The normalized spacial score (nSPS) is 10.1. The molecule has 0 aliphatic carbocycles. The lowest BCUT2D eigenvalue weighted by Crippen LogP contribution is -2.23. The fourth-order valence-corrected chi connectivity index (χ4v) is 1.50. The van der Waals surface area contributed by atoms with Gasteiger partial charge in [0.2, 0.25) is 5.91 Å². The van der Waals surface area contributed by atoms with Crippen LogP contribution in [0.3, 0.4) is 0 Å². The summed E-state index contributed by atoms with van der Waals surface area (Å²) in [6.45, 7) is 4.90. The Bertz CT molecular complexity index is 202. The maximum absolute atomic E-state index is 11.3. The molecule has 0 rings (SSSR count). The van der Waals surface area contributed by atoms with E-state index in [4.69, 9.17) is 0 Å². The monoisotopic (exact) mass is 227 g/mol. The van der Waals surface area contributed by atoms with Crippen molar-refractivity contribution in [2.24, 2.45) is 0 Å². The second kappa shape index (κ2) is 10.7. The molecule has 94 valence electrons. The lowest BCUT2D eigenvalue weighted by Gasteiger charge is -2.03. The topological polar surface area (TPSA) is 46.2 Å². The minimum atomic E-state index is 0.122. The number of amides is 1. The summed E-state index contributed by atoms with van der Waals surface area (Å²) in [7, 11) is 0. The predicted octanol–water partition coefficient (Wildman–Crippen LogP) is 2.83. The molecule has 3 heteroatoms. The van der Waals surface area contributed by atoms with E-state index < -0.39 is 0 Å². The fraction of sp³-hybridized carbons (Fsp3) is 0.846. The van der Waals surface area contributed by atoms with Gasteiger partial charge in [0.1, 0.15) is 5.78 Å². The van der Waals surface area contributed by atoms with Crippen LogP contribution in [-0.2, 0) is 9.59 Å². The smallest absolute Gasteiger partial charge is 0.219 e. The van der Waals surface area contributed by atoms with Crippen LogP contribution in [0.15, 0.2) is 0 Å². The standard InChI is InChI=1S/C13H25NO2/c1-3-5-11-14-13(16)10-7-6-9-12(15)8-4-2/h3-11H2,1-2H3,(H,14,16). The SMILES string of the molecule is CCCCNC(=O)CCCCC(=O)CCC. The van der Waals surface area contributed by atoms with Crippen LogP contribution >= 0.6 is 0 Å². The Labute approximate surface area is 99.0 Å². The Hall–Kier alpha value is -0.860. The van der Waals surface area contributed by atoms with Gasteiger partial charge in [-0.3, -0.25) is 9.59 Å². The number of nitrogens with one attached hydrogen (secondary N) is 1. The average molecular weight is 227 g/mol. The third-order valence-electron chi connectivity index (χ3n) is 2.49. The first kappa shape index (κ1) is 15.1. The molecule has 0 spiro atoms. The molecule has 0 unspecified atom stereocenters. The lowest BCUT2D eigenvalue weighted by atomic mass is 10.1. The van der Waals surface area contributed by atoms with Gasteiger partial charge in [-0.25, -0.2) is 0 Å². The largest absolute Gasteiger partial charge is 0.356 e. The molecule has 0 aliphatic rings. The van der Waals surface area contributed by atoms with Crippen molar-refractivity contribution < 1.29 is 9.59 Å². The first-order chi connectivity index (χ1) is 7.70. The van der Waals surface area contributed by atoms with Gasteiger partial charge in [0.25, 0.3) is 0 Å². The first-order valence-electron chi connectivity index (χ1n) is 6.49. The maximum Gasteiger partial charge on any atom is 0.219 e. The van der Waals surface area contributed by atoms with Crippen molar-refractivity contribution >= 4 is 11.7 Å². The van der Waals surface area contributed by atoms with Gasteiger partial charge in [-0.05, 0) is 25.7 Å². The predicted molar refractivity (Wildman–Crippen MR) is 66.3 cm³/mol. The quantitative estimate of drug-likeness (QED) is 0.583. The molecule has 0 aromatic heterocycles. The highest BCUT2D eigenvalue weighted by molar-refractivity contribution is 5.78. The molecule has 16 heavy (non-hydrogen) atoms. The van der Waals surface area contributed by atoms with Gasteiger partial charge in [0.15, 0.2) is 0 Å². The Balaban J connectivity index is 3.30. The summed E-state index contributed by atoms with van der Waals surface area (Å²) in [6.07, 6.45) is 6.62. The summed E-state index contributed by atoms with van der Waals surface area (Å²) in [4.78, 5) is 22.5. The van der Waals surface area contributed by atoms with Gasteiger partial charge in [-0.15, -0.1) is 0 Å². The van der Waals surface area contributed by atoms with Crippen LogP contribution < -0.4 is 5.32 Å². The molecule has 0 heterocycles. The molecule has 0 fully saturated rings. The highest BCUT2D eigenvalue weighted by Crippen LogP contribution is 2.03. The second-order valence-electron chi connectivity index (χ2n) is 4.20.